The second kappa shape index (κ2) is 12.0. The summed E-state index contributed by atoms with van der Waals surface area (Å²) in [6.45, 7) is 2.65. The van der Waals surface area contributed by atoms with Gasteiger partial charge in [0.05, 0.1) is 30.1 Å². The third-order valence-electron chi connectivity index (χ3n) is 6.42. The van der Waals surface area contributed by atoms with Crippen molar-refractivity contribution < 1.29 is 14.3 Å². The predicted octanol–water partition coefficient (Wildman–Crippen LogP) is 6.86. The van der Waals surface area contributed by atoms with E-state index in [0.29, 0.717) is 34.1 Å². The number of nitrogens with one attached hydrogen (secondary N) is 3. The van der Waals surface area contributed by atoms with Gasteiger partial charge in [0.25, 0.3) is 5.91 Å². The van der Waals surface area contributed by atoms with Gasteiger partial charge in [0.15, 0.2) is 5.17 Å². The fourth-order valence-corrected chi connectivity index (χ4v) is 5.94. The molecule has 200 valence electrons. The number of para-hydroxylation sites is 2. The van der Waals surface area contributed by atoms with E-state index in [4.69, 9.17) is 9.73 Å². The SMILES string of the molecule is COc1ccccc1NC(=O)C1=C(C)N=C2SCCCN2C1c1cccc(NC(=O)Nc2ccc(Br)cc2)c1. The van der Waals surface area contributed by atoms with Gasteiger partial charge in [-0.25, -0.2) is 9.79 Å². The van der Waals surface area contributed by atoms with Crippen molar-refractivity contribution in [2.24, 2.45) is 4.99 Å². The molecule has 1 unspecified atom stereocenters. The molecule has 39 heavy (non-hydrogen) atoms. The molecule has 1 saturated heterocycles. The van der Waals surface area contributed by atoms with Crippen LogP contribution in [-0.2, 0) is 4.79 Å². The van der Waals surface area contributed by atoms with Crippen LogP contribution < -0.4 is 20.7 Å². The Balaban J connectivity index is 1.44. The van der Waals surface area contributed by atoms with Gasteiger partial charge in [-0.3, -0.25) is 4.79 Å². The number of fused-ring (bicyclic) bond motifs is 1. The normalized spacial score (nSPS) is 16.6. The summed E-state index contributed by atoms with van der Waals surface area (Å²) in [6.07, 6.45) is 0.980. The van der Waals surface area contributed by atoms with Crippen molar-refractivity contribution in [3.63, 3.8) is 0 Å². The van der Waals surface area contributed by atoms with Crippen LogP contribution in [0.2, 0.25) is 0 Å². The highest BCUT2D eigenvalue weighted by Crippen LogP contribution is 2.40. The number of thioether (sulfide) groups is 1. The number of ether oxygens (including phenoxy) is 1. The van der Waals surface area contributed by atoms with Crippen LogP contribution in [0.5, 0.6) is 5.75 Å². The molecule has 0 aromatic heterocycles. The lowest BCUT2D eigenvalue weighted by Gasteiger charge is -2.41. The van der Waals surface area contributed by atoms with E-state index < -0.39 is 0 Å². The summed E-state index contributed by atoms with van der Waals surface area (Å²) in [6, 6.07) is 21.6. The maximum Gasteiger partial charge on any atom is 0.323 e. The summed E-state index contributed by atoms with van der Waals surface area (Å²) in [7, 11) is 1.58. The number of amides is 3. The molecule has 1 atom stereocenters. The van der Waals surface area contributed by atoms with Crippen molar-refractivity contribution in [3.8, 4) is 5.75 Å². The Hall–Kier alpha value is -3.76. The zero-order chi connectivity index (χ0) is 27.4. The highest BCUT2D eigenvalue weighted by atomic mass is 79.9. The fourth-order valence-electron chi connectivity index (χ4n) is 4.66. The number of benzene rings is 3. The number of anilines is 3. The molecule has 0 aliphatic carbocycles. The molecule has 1 fully saturated rings. The van der Waals surface area contributed by atoms with Crippen LogP contribution >= 0.6 is 27.7 Å². The minimum Gasteiger partial charge on any atom is -0.495 e. The summed E-state index contributed by atoms with van der Waals surface area (Å²) in [5, 5.41) is 9.70. The minimum absolute atomic E-state index is 0.244. The number of carbonyl (C=O) groups excluding carboxylic acids is 2. The molecule has 0 saturated carbocycles. The topological polar surface area (TPSA) is 95.1 Å². The summed E-state index contributed by atoms with van der Waals surface area (Å²) >= 11 is 5.10. The Morgan fingerprint density at radius 1 is 1.00 bits per heavy atom. The number of halogens is 1. The fraction of sp³-hybridized carbons (Fsp3) is 0.207. The molecule has 2 aliphatic rings. The number of rotatable bonds is 6. The molecular weight excluding hydrogens is 578 g/mol. The third kappa shape index (κ3) is 6.12. The van der Waals surface area contributed by atoms with Crippen molar-refractivity contribution in [2.75, 3.05) is 35.4 Å². The van der Waals surface area contributed by atoms with Crippen LogP contribution in [0.1, 0.15) is 24.9 Å². The van der Waals surface area contributed by atoms with Crippen LogP contribution in [0.3, 0.4) is 0 Å². The first-order chi connectivity index (χ1) is 18.9. The first kappa shape index (κ1) is 26.8. The maximum atomic E-state index is 13.8. The van der Waals surface area contributed by atoms with E-state index in [2.05, 4.69) is 36.8 Å². The number of aliphatic imine (C=N–C) groups is 1. The van der Waals surface area contributed by atoms with E-state index in [1.54, 1.807) is 24.9 Å². The highest BCUT2D eigenvalue weighted by Gasteiger charge is 2.37. The van der Waals surface area contributed by atoms with Crippen molar-refractivity contribution in [2.45, 2.75) is 19.4 Å². The predicted molar refractivity (Wildman–Crippen MR) is 162 cm³/mol. The molecule has 5 rings (SSSR count). The number of nitrogens with zero attached hydrogens (tertiary/aromatic N) is 2. The molecule has 3 N–H and O–H groups in total. The zero-order valence-corrected chi connectivity index (χ0v) is 23.9. The van der Waals surface area contributed by atoms with Crippen LogP contribution in [0.15, 0.2) is 93.5 Å². The lowest BCUT2D eigenvalue weighted by molar-refractivity contribution is -0.113. The Morgan fingerprint density at radius 3 is 2.56 bits per heavy atom. The smallest absolute Gasteiger partial charge is 0.323 e. The third-order valence-corrected chi connectivity index (χ3v) is 8.03. The van der Waals surface area contributed by atoms with Gasteiger partial charge in [0.1, 0.15) is 5.75 Å². The van der Waals surface area contributed by atoms with Crippen molar-refractivity contribution in [3.05, 3.63) is 94.1 Å². The Kier molecular flexibility index (Phi) is 8.23. The van der Waals surface area contributed by atoms with Crippen molar-refractivity contribution in [1.82, 2.24) is 4.90 Å². The van der Waals surface area contributed by atoms with Gasteiger partial charge in [-0.2, -0.15) is 0 Å². The van der Waals surface area contributed by atoms with Gasteiger partial charge in [-0.05, 0) is 67.4 Å². The average molecular weight is 607 g/mol. The van der Waals surface area contributed by atoms with E-state index in [1.165, 1.54) is 0 Å². The molecule has 2 heterocycles. The summed E-state index contributed by atoms with van der Waals surface area (Å²) in [5.41, 5.74) is 4.00. The van der Waals surface area contributed by atoms with Gasteiger partial charge in [0.2, 0.25) is 0 Å². The largest absolute Gasteiger partial charge is 0.495 e. The molecule has 0 bridgehead atoms. The van der Waals surface area contributed by atoms with Crippen LogP contribution in [0.4, 0.5) is 21.9 Å². The van der Waals surface area contributed by atoms with E-state index in [1.807, 2.05) is 73.7 Å². The summed E-state index contributed by atoms with van der Waals surface area (Å²) in [5.74, 6) is 1.32. The van der Waals surface area contributed by atoms with E-state index >= 15 is 0 Å². The summed E-state index contributed by atoms with van der Waals surface area (Å²) in [4.78, 5) is 33.5. The van der Waals surface area contributed by atoms with Crippen LogP contribution in [0.25, 0.3) is 0 Å². The van der Waals surface area contributed by atoms with Crippen molar-refractivity contribution in [1.29, 1.82) is 0 Å². The second-order valence-corrected chi connectivity index (χ2v) is 11.0. The Bertz CT molecular complexity index is 1460. The molecule has 2 aliphatic heterocycles. The molecule has 3 aromatic carbocycles. The number of urea groups is 1. The zero-order valence-electron chi connectivity index (χ0n) is 21.5. The van der Waals surface area contributed by atoms with E-state index in [9.17, 15) is 9.59 Å². The standard InChI is InChI=1S/C29H28BrN5O3S/c1-18-25(27(36)34-23-9-3-4-10-24(23)38-2)26(35-15-6-16-39-29(35)31-18)19-7-5-8-22(17-19)33-28(37)32-21-13-11-20(30)12-14-21/h3-5,7-14,17,26H,6,15-16H2,1-2H3,(H,34,36)(H2,32,33,37). The van der Waals surface area contributed by atoms with Gasteiger partial charge >= 0.3 is 6.03 Å². The van der Waals surface area contributed by atoms with Gasteiger partial charge in [0, 0.05) is 28.1 Å². The molecule has 8 nitrogen and oxygen atoms in total. The molecule has 0 radical (unpaired) electrons. The van der Waals surface area contributed by atoms with Crippen LogP contribution in [0, 0.1) is 0 Å². The van der Waals surface area contributed by atoms with Crippen molar-refractivity contribution >= 4 is 61.9 Å². The van der Waals surface area contributed by atoms with Gasteiger partial charge < -0.3 is 25.6 Å². The molecule has 0 spiro atoms. The quantitative estimate of drug-likeness (QED) is 0.285. The molecule has 3 aromatic rings. The van der Waals surface area contributed by atoms with Crippen LogP contribution in [-0.4, -0.2) is 41.4 Å². The lowest BCUT2D eigenvalue weighted by atomic mass is 9.93. The monoisotopic (exact) mass is 605 g/mol. The first-order valence-corrected chi connectivity index (χ1v) is 14.3. The number of hydrogen-bond acceptors (Lipinski definition) is 6. The van der Waals surface area contributed by atoms with E-state index in [0.717, 1.165) is 33.9 Å². The lowest BCUT2D eigenvalue weighted by Crippen LogP contribution is -2.43. The number of carbonyl (C=O) groups is 2. The second-order valence-electron chi connectivity index (χ2n) is 9.06. The molecule has 10 heteroatoms. The number of methoxy groups -OCH3 is 1. The Morgan fingerprint density at radius 2 is 1.77 bits per heavy atom. The average Bonchev–Trinajstić information content (AvgIpc) is 2.94. The number of hydrogen-bond donors (Lipinski definition) is 3. The minimum atomic E-state index is -0.365. The molecular formula is C29H28BrN5O3S. The number of allylic oxidation sites excluding steroid dienone is 1. The van der Waals surface area contributed by atoms with Gasteiger partial charge in [-0.1, -0.05) is 52.0 Å². The van der Waals surface area contributed by atoms with E-state index in [-0.39, 0.29) is 18.0 Å². The summed E-state index contributed by atoms with van der Waals surface area (Å²) < 4.78 is 6.37. The highest BCUT2D eigenvalue weighted by molar-refractivity contribution is 9.10. The van der Waals surface area contributed by atoms with Gasteiger partial charge in [-0.15, -0.1) is 0 Å². The number of amidine groups is 1. The Labute approximate surface area is 240 Å². The maximum absolute atomic E-state index is 13.8. The molecule has 3 amide bonds. The first-order valence-electron chi connectivity index (χ1n) is 12.5.